The molecule has 1 aliphatic heterocycles. The molecule has 31 heavy (non-hydrogen) atoms. The maximum absolute atomic E-state index is 13.4. The van der Waals surface area contributed by atoms with Crippen LogP contribution < -0.4 is 11.5 Å². The second kappa shape index (κ2) is 8.33. The third-order valence-electron chi connectivity index (χ3n) is 5.96. The summed E-state index contributed by atoms with van der Waals surface area (Å²) < 4.78 is 42.2. The fourth-order valence-corrected chi connectivity index (χ4v) is 4.58. The molecule has 4 N–H and O–H groups in total. The summed E-state index contributed by atoms with van der Waals surface area (Å²) in [7, 11) is 2.10. The molecule has 2 heterocycles. The molecule has 1 unspecified atom stereocenters. The summed E-state index contributed by atoms with van der Waals surface area (Å²) >= 11 is 5.99. The molecule has 0 radical (unpaired) electrons. The van der Waals surface area contributed by atoms with E-state index in [1.54, 1.807) is 0 Å². The van der Waals surface area contributed by atoms with Gasteiger partial charge in [-0.05, 0) is 69.2 Å². The van der Waals surface area contributed by atoms with Gasteiger partial charge in [0.15, 0.2) is 0 Å². The number of alkyl halides is 3. The number of likely N-dealkylation sites (tertiary alicyclic amines) is 1. The van der Waals surface area contributed by atoms with Gasteiger partial charge < -0.3 is 20.9 Å². The molecule has 0 aliphatic carbocycles. The minimum atomic E-state index is -4.59. The van der Waals surface area contributed by atoms with Crippen LogP contribution in [0, 0.1) is 0 Å². The summed E-state index contributed by atoms with van der Waals surface area (Å²) in [6, 6.07) is 9.95. The van der Waals surface area contributed by atoms with Gasteiger partial charge in [-0.25, -0.2) is 4.98 Å². The van der Waals surface area contributed by atoms with Crippen molar-refractivity contribution in [3.8, 4) is 0 Å². The summed E-state index contributed by atoms with van der Waals surface area (Å²) in [5, 5.41) is -0.124. The molecule has 9 heteroatoms. The number of benzene rings is 2. The van der Waals surface area contributed by atoms with Crippen LogP contribution in [0.25, 0.3) is 11.0 Å². The number of imidazole rings is 1. The van der Waals surface area contributed by atoms with Crippen LogP contribution in [-0.4, -0.2) is 34.6 Å². The molecule has 1 saturated heterocycles. The summed E-state index contributed by atoms with van der Waals surface area (Å²) in [6.45, 7) is 1.93. The molecule has 1 aromatic heterocycles. The lowest BCUT2D eigenvalue weighted by molar-refractivity contribution is -0.136. The molecule has 1 atom stereocenters. The lowest BCUT2D eigenvalue weighted by Gasteiger charge is -2.32. The van der Waals surface area contributed by atoms with Crippen LogP contribution in [-0.2, 0) is 12.6 Å². The molecule has 3 aromatic rings. The molecule has 0 spiro atoms. The zero-order valence-electron chi connectivity index (χ0n) is 17.2. The first-order chi connectivity index (χ1) is 14.6. The van der Waals surface area contributed by atoms with E-state index in [2.05, 4.69) is 16.5 Å². The maximum atomic E-state index is 13.4. The Balaban J connectivity index is 1.71. The van der Waals surface area contributed by atoms with E-state index in [0.717, 1.165) is 43.0 Å². The van der Waals surface area contributed by atoms with Crippen molar-refractivity contribution in [3.63, 3.8) is 0 Å². The largest absolute Gasteiger partial charge is 0.418 e. The standard InChI is InChI=1S/C22H25ClF3N5/c1-30-8-6-14(7-9-30)31-19-5-3-2-4-18(19)29-21(31)17(27)12-13-10-15(22(24,25)26)20(28)16(23)11-13/h2-5,10-11,14,17H,6-9,12,27-28H2,1H3. The van der Waals surface area contributed by atoms with Crippen molar-refractivity contribution >= 4 is 28.3 Å². The van der Waals surface area contributed by atoms with E-state index >= 15 is 0 Å². The van der Waals surface area contributed by atoms with Gasteiger partial charge in [0, 0.05) is 6.04 Å². The van der Waals surface area contributed by atoms with Crippen molar-refractivity contribution in [2.75, 3.05) is 25.9 Å². The highest BCUT2D eigenvalue weighted by Crippen LogP contribution is 2.39. The maximum Gasteiger partial charge on any atom is 0.418 e. The first kappa shape index (κ1) is 21.9. The normalized spacial score (nSPS) is 17.4. The molecular weight excluding hydrogens is 427 g/mol. The Kier molecular flexibility index (Phi) is 5.89. The van der Waals surface area contributed by atoms with Crippen molar-refractivity contribution < 1.29 is 13.2 Å². The third-order valence-corrected chi connectivity index (χ3v) is 6.27. The number of hydrogen-bond donors (Lipinski definition) is 2. The second-order valence-corrected chi connectivity index (χ2v) is 8.62. The Morgan fingerprint density at radius 1 is 1.19 bits per heavy atom. The van der Waals surface area contributed by atoms with Gasteiger partial charge in [0.05, 0.1) is 33.3 Å². The SMILES string of the molecule is CN1CCC(n2c(C(N)Cc3cc(Cl)c(N)c(C(F)(F)F)c3)nc3ccccc32)CC1. The first-order valence-electron chi connectivity index (χ1n) is 10.2. The van der Waals surface area contributed by atoms with E-state index in [-0.39, 0.29) is 17.5 Å². The fourth-order valence-electron chi connectivity index (χ4n) is 4.33. The number of anilines is 1. The van der Waals surface area contributed by atoms with Gasteiger partial charge in [0.2, 0.25) is 0 Å². The number of rotatable bonds is 4. The van der Waals surface area contributed by atoms with E-state index in [0.29, 0.717) is 11.4 Å². The molecule has 1 fully saturated rings. The highest BCUT2D eigenvalue weighted by Gasteiger charge is 2.34. The Bertz CT molecular complexity index is 1090. The van der Waals surface area contributed by atoms with E-state index in [1.807, 2.05) is 24.3 Å². The van der Waals surface area contributed by atoms with Crippen molar-refractivity contribution in [3.05, 3.63) is 58.4 Å². The van der Waals surface area contributed by atoms with Crippen molar-refractivity contribution in [2.45, 2.75) is 37.5 Å². The number of aromatic nitrogens is 2. The van der Waals surface area contributed by atoms with Gasteiger partial charge in [-0.15, -0.1) is 0 Å². The molecular formula is C22H25ClF3N5. The number of nitrogen functional groups attached to an aromatic ring is 1. The zero-order valence-corrected chi connectivity index (χ0v) is 17.9. The molecule has 1 aliphatic rings. The van der Waals surface area contributed by atoms with Gasteiger partial charge in [0.25, 0.3) is 0 Å². The van der Waals surface area contributed by atoms with Gasteiger partial charge in [-0.1, -0.05) is 23.7 Å². The summed E-state index contributed by atoms with van der Waals surface area (Å²) in [5.74, 6) is 0.678. The van der Waals surface area contributed by atoms with Gasteiger partial charge in [0.1, 0.15) is 5.82 Å². The van der Waals surface area contributed by atoms with Crippen molar-refractivity contribution in [1.29, 1.82) is 0 Å². The van der Waals surface area contributed by atoms with E-state index in [4.69, 9.17) is 28.1 Å². The summed E-state index contributed by atoms with van der Waals surface area (Å²) in [4.78, 5) is 7.04. The highest BCUT2D eigenvalue weighted by molar-refractivity contribution is 6.33. The second-order valence-electron chi connectivity index (χ2n) is 8.21. The predicted molar refractivity (Wildman–Crippen MR) is 117 cm³/mol. The molecule has 5 nitrogen and oxygen atoms in total. The minimum absolute atomic E-state index is 0.124. The quantitative estimate of drug-likeness (QED) is 0.559. The van der Waals surface area contributed by atoms with Crippen LogP contribution in [0.15, 0.2) is 36.4 Å². The van der Waals surface area contributed by atoms with Crippen LogP contribution >= 0.6 is 11.6 Å². The number of halogens is 4. The smallest absolute Gasteiger partial charge is 0.397 e. The average molecular weight is 452 g/mol. The van der Waals surface area contributed by atoms with Crippen LogP contribution in [0.2, 0.25) is 5.02 Å². The predicted octanol–water partition coefficient (Wildman–Crippen LogP) is 4.80. The Morgan fingerprint density at radius 3 is 2.55 bits per heavy atom. The molecule has 2 aromatic carbocycles. The zero-order chi connectivity index (χ0) is 22.3. The summed E-state index contributed by atoms with van der Waals surface area (Å²) in [5.41, 5.74) is 12.9. The van der Waals surface area contributed by atoms with Gasteiger partial charge in [-0.3, -0.25) is 0 Å². The van der Waals surface area contributed by atoms with Gasteiger partial charge >= 0.3 is 6.18 Å². The van der Waals surface area contributed by atoms with Crippen LogP contribution in [0.1, 0.15) is 41.9 Å². The van der Waals surface area contributed by atoms with Crippen molar-refractivity contribution in [2.24, 2.45) is 5.73 Å². The lowest BCUT2D eigenvalue weighted by atomic mass is 10.0. The number of fused-ring (bicyclic) bond motifs is 1. The Labute approximate surface area is 183 Å². The van der Waals surface area contributed by atoms with E-state index < -0.39 is 23.5 Å². The fraction of sp³-hybridized carbons (Fsp3) is 0.409. The number of nitrogens with two attached hydrogens (primary N) is 2. The highest BCUT2D eigenvalue weighted by atomic mass is 35.5. The number of para-hydroxylation sites is 2. The number of hydrogen-bond acceptors (Lipinski definition) is 4. The Morgan fingerprint density at radius 2 is 1.87 bits per heavy atom. The van der Waals surface area contributed by atoms with E-state index in [9.17, 15) is 13.2 Å². The molecule has 0 amide bonds. The molecule has 0 bridgehead atoms. The first-order valence-corrected chi connectivity index (χ1v) is 10.6. The third kappa shape index (κ3) is 4.37. The van der Waals surface area contributed by atoms with E-state index in [1.165, 1.54) is 6.07 Å². The average Bonchev–Trinajstić information content (AvgIpc) is 3.10. The summed E-state index contributed by atoms with van der Waals surface area (Å²) in [6.07, 6.45) is -2.50. The lowest BCUT2D eigenvalue weighted by Crippen LogP contribution is -2.33. The number of nitrogens with zero attached hydrogens (tertiary/aromatic N) is 3. The molecule has 4 rings (SSSR count). The Hall–Kier alpha value is -2.29. The van der Waals surface area contributed by atoms with Crippen LogP contribution in [0.5, 0.6) is 0 Å². The van der Waals surface area contributed by atoms with Gasteiger partial charge in [-0.2, -0.15) is 13.2 Å². The monoisotopic (exact) mass is 451 g/mol. The number of piperidine rings is 1. The van der Waals surface area contributed by atoms with Crippen LogP contribution in [0.3, 0.4) is 0 Å². The molecule has 0 saturated carbocycles. The topological polar surface area (TPSA) is 73.1 Å². The van der Waals surface area contributed by atoms with Crippen molar-refractivity contribution in [1.82, 2.24) is 14.5 Å². The van der Waals surface area contributed by atoms with Crippen LogP contribution in [0.4, 0.5) is 18.9 Å². The minimum Gasteiger partial charge on any atom is -0.397 e. The molecule has 166 valence electrons.